The number of morpholine rings is 1. The second kappa shape index (κ2) is 5.92. The molecule has 1 saturated heterocycles. The molecule has 0 unspecified atom stereocenters. The maximum atomic E-state index is 13.6. The van der Waals surface area contributed by atoms with E-state index in [-0.39, 0.29) is 5.56 Å². The van der Waals surface area contributed by atoms with Crippen LogP contribution in [0, 0.1) is 11.6 Å². The Balaban J connectivity index is 1.94. The molecule has 2 aromatic rings. The smallest absolute Gasteiger partial charge is 0.213 e. The van der Waals surface area contributed by atoms with Crippen LogP contribution < -0.4 is 9.79 Å². The van der Waals surface area contributed by atoms with Crippen molar-refractivity contribution >= 4 is 16.5 Å². The summed E-state index contributed by atoms with van der Waals surface area (Å²) in [7, 11) is 0. The lowest BCUT2D eigenvalue weighted by Gasteiger charge is -2.26. The highest BCUT2D eigenvalue weighted by molar-refractivity contribution is 7.14. The van der Waals surface area contributed by atoms with Gasteiger partial charge < -0.3 is 14.5 Å². The molecule has 0 amide bonds. The van der Waals surface area contributed by atoms with Crippen molar-refractivity contribution < 1.29 is 23.7 Å². The van der Waals surface area contributed by atoms with Crippen LogP contribution in [0.15, 0.2) is 17.5 Å². The van der Waals surface area contributed by atoms with Gasteiger partial charge in [-0.05, 0) is 12.1 Å². The molecule has 8 heteroatoms. The molecular weight excluding hydrogens is 302 g/mol. The number of rotatable bonds is 3. The van der Waals surface area contributed by atoms with E-state index in [1.54, 1.807) is 5.38 Å². The van der Waals surface area contributed by atoms with E-state index in [2.05, 4.69) is 14.8 Å². The third-order valence-corrected chi connectivity index (χ3v) is 4.09. The average molecular weight is 314 g/mol. The molecule has 1 N–H and O–H groups in total. The number of hydrogen-bond acceptors (Lipinski definition) is 6. The topological polar surface area (TPSA) is 54.8 Å². The van der Waals surface area contributed by atoms with E-state index in [0.717, 1.165) is 24.3 Å². The van der Waals surface area contributed by atoms with Crippen LogP contribution in [0.4, 0.5) is 13.9 Å². The van der Waals surface area contributed by atoms with Gasteiger partial charge in [-0.25, -0.2) is 14.6 Å². The summed E-state index contributed by atoms with van der Waals surface area (Å²) in [6.07, 6.45) is 0. The Hall–Kier alpha value is -1.77. The fraction of sp³-hybridized carbons (Fsp3) is 0.308. The van der Waals surface area contributed by atoms with Gasteiger partial charge in [0.1, 0.15) is 0 Å². The Morgan fingerprint density at radius 3 is 2.76 bits per heavy atom. The summed E-state index contributed by atoms with van der Waals surface area (Å²) in [5.41, 5.74) is 0.622. The second-order valence-electron chi connectivity index (χ2n) is 4.44. The highest BCUT2D eigenvalue weighted by Crippen LogP contribution is 2.36. The normalized spacial score (nSPS) is 15.3. The Labute approximate surface area is 123 Å². The van der Waals surface area contributed by atoms with Gasteiger partial charge in [0, 0.05) is 18.5 Å². The lowest BCUT2D eigenvalue weighted by molar-refractivity contribution is -0.140. The minimum absolute atomic E-state index is 0.201. The standard InChI is InChI=1S/C13H12F2N2O3S/c14-9-2-1-8(12(20-18)11(9)15)10-7-21-13(16-10)17-3-5-19-6-4-17/h1-2,7,18H,3-6H2. The molecule has 0 bridgehead atoms. The number of thiazole rings is 1. The summed E-state index contributed by atoms with van der Waals surface area (Å²) < 4.78 is 32.0. The number of aromatic nitrogens is 1. The molecule has 5 nitrogen and oxygen atoms in total. The van der Waals surface area contributed by atoms with Crippen LogP contribution in [0.2, 0.25) is 0 Å². The highest BCUT2D eigenvalue weighted by atomic mass is 32.1. The summed E-state index contributed by atoms with van der Waals surface area (Å²) in [6, 6.07) is 2.29. The molecule has 1 aromatic carbocycles. The SMILES string of the molecule is OOc1c(-c2csc(N3CCOCC3)n2)ccc(F)c1F. The molecule has 1 aliphatic heterocycles. The summed E-state index contributed by atoms with van der Waals surface area (Å²) in [5.74, 6) is -2.89. The number of nitrogens with zero attached hydrogens (tertiary/aromatic N) is 2. The first-order valence-corrected chi connectivity index (χ1v) is 7.16. The Morgan fingerprint density at radius 1 is 1.29 bits per heavy atom. The minimum atomic E-state index is -1.24. The summed E-state index contributed by atoms with van der Waals surface area (Å²) in [5, 5.41) is 11.3. The van der Waals surface area contributed by atoms with E-state index in [9.17, 15) is 8.78 Å². The zero-order chi connectivity index (χ0) is 14.8. The Morgan fingerprint density at radius 2 is 2.05 bits per heavy atom. The lowest BCUT2D eigenvalue weighted by Crippen LogP contribution is -2.36. The van der Waals surface area contributed by atoms with Crippen molar-refractivity contribution in [3.63, 3.8) is 0 Å². The van der Waals surface area contributed by atoms with Gasteiger partial charge in [0.25, 0.3) is 0 Å². The molecule has 112 valence electrons. The summed E-state index contributed by atoms with van der Waals surface area (Å²) in [4.78, 5) is 10.4. The van der Waals surface area contributed by atoms with E-state index in [1.807, 2.05) is 0 Å². The van der Waals surface area contributed by atoms with Crippen LogP contribution in [0.1, 0.15) is 0 Å². The molecule has 1 fully saturated rings. The second-order valence-corrected chi connectivity index (χ2v) is 5.28. The third kappa shape index (κ3) is 2.69. The molecule has 1 aliphatic rings. The van der Waals surface area contributed by atoms with Crippen LogP contribution >= 0.6 is 11.3 Å². The van der Waals surface area contributed by atoms with Gasteiger partial charge in [-0.15, -0.1) is 11.3 Å². The number of hydrogen-bond donors (Lipinski definition) is 1. The van der Waals surface area contributed by atoms with Crippen LogP contribution in [-0.4, -0.2) is 36.5 Å². The van der Waals surface area contributed by atoms with E-state index < -0.39 is 17.4 Å². The molecule has 0 radical (unpaired) electrons. The number of benzene rings is 1. The van der Waals surface area contributed by atoms with Gasteiger partial charge in [0.05, 0.1) is 24.5 Å². The van der Waals surface area contributed by atoms with Gasteiger partial charge in [-0.2, -0.15) is 4.39 Å². The van der Waals surface area contributed by atoms with Crippen LogP contribution in [0.5, 0.6) is 5.75 Å². The van der Waals surface area contributed by atoms with Gasteiger partial charge in [-0.3, -0.25) is 0 Å². The summed E-state index contributed by atoms with van der Waals surface area (Å²) >= 11 is 1.39. The third-order valence-electron chi connectivity index (χ3n) is 3.19. The van der Waals surface area contributed by atoms with Crippen LogP contribution in [-0.2, 0) is 4.74 Å². The first-order chi connectivity index (χ1) is 10.2. The van der Waals surface area contributed by atoms with Crippen molar-refractivity contribution in [3.8, 4) is 17.0 Å². The highest BCUT2D eigenvalue weighted by Gasteiger charge is 2.20. The monoisotopic (exact) mass is 314 g/mol. The minimum Gasteiger partial charge on any atom is -0.378 e. The van der Waals surface area contributed by atoms with E-state index >= 15 is 0 Å². The van der Waals surface area contributed by atoms with E-state index in [4.69, 9.17) is 9.99 Å². The van der Waals surface area contributed by atoms with Crippen LogP contribution in [0.3, 0.4) is 0 Å². The van der Waals surface area contributed by atoms with Crippen molar-refractivity contribution in [2.24, 2.45) is 0 Å². The molecule has 0 spiro atoms. The van der Waals surface area contributed by atoms with Crippen molar-refractivity contribution in [2.75, 3.05) is 31.2 Å². The molecule has 1 aromatic heterocycles. The van der Waals surface area contributed by atoms with Crippen molar-refractivity contribution in [3.05, 3.63) is 29.1 Å². The summed E-state index contributed by atoms with van der Waals surface area (Å²) in [6.45, 7) is 2.72. The molecule has 0 atom stereocenters. The average Bonchev–Trinajstić information content (AvgIpc) is 3.00. The number of halogens is 2. The molecule has 2 heterocycles. The largest absolute Gasteiger partial charge is 0.378 e. The molecule has 21 heavy (non-hydrogen) atoms. The van der Waals surface area contributed by atoms with E-state index in [1.165, 1.54) is 17.4 Å². The molecule has 0 saturated carbocycles. The maximum absolute atomic E-state index is 13.6. The number of anilines is 1. The maximum Gasteiger partial charge on any atom is 0.213 e. The van der Waals surface area contributed by atoms with Gasteiger partial charge in [0.15, 0.2) is 10.9 Å². The van der Waals surface area contributed by atoms with Gasteiger partial charge >= 0.3 is 0 Å². The zero-order valence-corrected chi connectivity index (χ0v) is 11.7. The Kier molecular flexibility index (Phi) is 4.00. The first-order valence-electron chi connectivity index (χ1n) is 6.28. The van der Waals surface area contributed by atoms with Crippen LogP contribution in [0.25, 0.3) is 11.3 Å². The van der Waals surface area contributed by atoms with Crippen molar-refractivity contribution in [1.82, 2.24) is 4.98 Å². The molecule has 0 aliphatic carbocycles. The fourth-order valence-corrected chi connectivity index (χ4v) is 2.99. The molecular formula is C13H12F2N2O3S. The zero-order valence-electron chi connectivity index (χ0n) is 10.9. The number of ether oxygens (including phenoxy) is 1. The Bertz CT molecular complexity index is 644. The van der Waals surface area contributed by atoms with Crippen molar-refractivity contribution in [2.45, 2.75) is 0 Å². The van der Waals surface area contributed by atoms with E-state index in [0.29, 0.717) is 18.9 Å². The lowest BCUT2D eigenvalue weighted by atomic mass is 10.1. The predicted octanol–water partition coefficient (Wildman–Crippen LogP) is 2.78. The fourth-order valence-electron chi connectivity index (χ4n) is 2.11. The first kappa shape index (κ1) is 14.2. The quantitative estimate of drug-likeness (QED) is 0.697. The van der Waals surface area contributed by atoms with Crippen molar-refractivity contribution in [1.29, 1.82) is 0 Å². The van der Waals surface area contributed by atoms with Gasteiger partial charge in [0.2, 0.25) is 11.6 Å². The van der Waals surface area contributed by atoms with Gasteiger partial charge in [-0.1, -0.05) is 0 Å². The predicted molar refractivity (Wildman–Crippen MR) is 73.8 cm³/mol. The molecule has 3 rings (SSSR count).